The van der Waals surface area contributed by atoms with E-state index in [-0.39, 0.29) is 48.5 Å². The number of pyridine rings is 2. The largest absolute Gasteiger partial charge is 0.480 e. The van der Waals surface area contributed by atoms with Gasteiger partial charge in [-0.15, -0.1) is 12.4 Å². The molecule has 3 unspecified atom stereocenters. The fraction of sp³-hybridized carbons (Fsp3) is 0.320. The molecule has 5 rings (SSSR count). The number of hydrogen-bond acceptors (Lipinski definition) is 8. The summed E-state index contributed by atoms with van der Waals surface area (Å²) in [6.07, 6.45) is 0.864. The molecule has 1 fully saturated rings. The van der Waals surface area contributed by atoms with Crippen LogP contribution in [-0.2, 0) is 16.1 Å². The van der Waals surface area contributed by atoms with E-state index >= 15 is 0 Å². The van der Waals surface area contributed by atoms with Crippen molar-refractivity contribution in [2.45, 2.75) is 38.0 Å². The van der Waals surface area contributed by atoms with E-state index in [0.29, 0.717) is 54.3 Å². The minimum Gasteiger partial charge on any atom is -0.480 e. The molecule has 0 bridgehead atoms. The van der Waals surface area contributed by atoms with Crippen molar-refractivity contribution >= 4 is 46.6 Å². The second-order valence-electron chi connectivity index (χ2n) is 8.73. The van der Waals surface area contributed by atoms with Gasteiger partial charge in [0.1, 0.15) is 11.8 Å². The van der Waals surface area contributed by atoms with E-state index in [1.807, 2.05) is 24.3 Å². The summed E-state index contributed by atoms with van der Waals surface area (Å²) in [7, 11) is 0. The normalized spacial score (nSPS) is 20.8. The maximum Gasteiger partial charge on any atom is 0.263 e. The first-order chi connectivity index (χ1) is 17.0. The van der Waals surface area contributed by atoms with Crippen LogP contribution in [0.2, 0.25) is 0 Å². The Hall–Kier alpha value is -3.78. The summed E-state index contributed by atoms with van der Waals surface area (Å²) in [4.78, 5) is 33.2. The molecule has 11 heteroatoms. The second-order valence-corrected chi connectivity index (χ2v) is 8.73. The highest BCUT2D eigenvalue weighted by molar-refractivity contribution is 6.01. The number of ether oxygens (including phenoxy) is 1. The smallest absolute Gasteiger partial charge is 0.263 e. The number of anilines is 2. The molecule has 4 N–H and O–H groups in total. The van der Waals surface area contributed by atoms with Gasteiger partial charge in [-0.2, -0.15) is 5.26 Å². The predicted molar refractivity (Wildman–Crippen MR) is 135 cm³/mol. The number of aliphatic hydroxyl groups is 1. The number of para-hydroxylation sites is 1. The third kappa shape index (κ3) is 5.39. The van der Waals surface area contributed by atoms with Gasteiger partial charge in [-0.3, -0.25) is 9.59 Å². The quantitative estimate of drug-likeness (QED) is 0.410. The Balaban J connectivity index is 0.00000304. The number of nitrogens with one attached hydrogen (secondary N) is 3. The van der Waals surface area contributed by atoms with Crippen molar-refractivity contribution in [3.8, 4) is 11.8 Å². The van der Waals surface area contributed by atoms with Crippen LogP contribution < -0.4 is 20.7 Å². The fourth-order valence-corrected chi connectivity index (χ4v) is 4.51. The van der Waals surface area contributed by atoms with Gasteiger partial charge in [-0.25, -0.2) is 9.97 Å². The van der Waals surface area contributed by atoms with Crippen LogP contribution in [-0.4, -0.2) is 45.6 Å². The summed E-state index contributed by atoms with van der Waals surface area (Å²) in [5.74, 6) is 0.168. The number of nitrogens with zero attached hydrogens (tertiary/aromatic N) is 3. The van der Waals surface area contributed by atoms with Gasteiger partial charge in [0.25, 0.3) is 5.91 Å². The van der Waals surface area contributed by atoms with Crippen LogP contribution in [0.15, 0.2) is 42.5 Å². The SMILES string of the molecule is Cl.N#Cc1ccc2cccc(NC(=O)C3CCC(NCc4ccc5c(n4)NC(=O)CO5)C(O)C3)c2n1. The lowest BCUT2D eigenvalue weighted by molar-refractivity contribution is -0.122. The van der Waals surface area contributed by atoms with Gasteiger partial charge in [-0.1, -0.05) is 12.1 Å². The molecule has 1 aromatic carbocycles. The molecule has 2 aromatic heterocycles. The van der Waals surface area contributed by atoms with Crippen molar-refractivity contribution in [1.29, 1.82) is 5.26 Å². The summed E-state index contributed by atoms with van der Waals surface area (Å²) in [6.45, 7) is 0.387. The zero-order valence-electron chi connectivity index (χ0n) is 19.2. The van der Waals surface area contributed by atoms with Crippen molar-refractivity contribution in [1.82, 2.24) is 15.3 Å². The highest BCUT2D eigenvalue weighted by Gasteiger charge is 2.33. The van der Waals surface area contributed by atoms with E-state index < -0.39 is 6.10 Å². The lowest BCUT2D eigenvalue weighted by Crippen LogP contribution is -2.46. The van der Waals surface area contributed by atoms with E-state index in [4.69, 9.17) is 10.00 Å². The van der Waals surface area contributed by atoms with E-state index in [9.17, 15) is 14.7 Å². The van der Waals surface area contributed by atoms with Crippen molar-refractivity contribution in [3.63, 3.8) is 0 Å². The highest BCUT2D eigenvalue weighted by atomic mass is 35.5. The lowest BCUT2D eigenvalue weighted by Gasteiger charge is -2.33. The summed E-state index contributed by atoms with van der Waals surface area (Å²) in [5, 5.41) is 29.6. The van der Waals surface area contributed by atoms with Crippen LogP contribution in [0.5, 0.6) is 5.75 Å². The van der Waals surface area contributed by atoms with E-state index in [2.05, 4.69) is 25.9 Å². The Morgan fingerprint density at radius 1 is 1.19 bits per heavy atom. The zero-order valence-corrected chi connectivity index (χ0v) is 20.0. The molecular weight excluding hydrogens is 484 g/mol. The van der Waals surface area contributed by atoms with Crippen molar-refractivity contribution in [2.24, 2.45) is 5.92 Å². The van der Waals surface area contributed by atoms with E-state index in [1.54, 1.807) is 24.3 Å². The summed E-state index contributed by atoms with van der Waals surface area (Å²) < 4.78 is 5.32. The summed E-state index contributed by atoms with van der Waals surface area (Å²) in [5.41, 5.74) is 2.11. The number of rotatable bonds is 5. The number of amides is 2. The number of hydrogen-bond donors (Lipinski definition) is 4. The number of fused-ring (bicyclic) bond motifs is 2. The maximum absolute atomic E-state index is 13.0. The standard InChI is InChI=1S/C25H24N6O4.ClH/c26-11-16-6-4-14-2-1-3-19(23(14)28-16)30-25(34)15-5-8-18(20(32)10-15)27-12-17-7-9-21-24(29-17)31-22(33)13-35-21;/h1-4,6-7,9,15,18,20,27,32H,5,8,10,12-13H2,(H,30,34)(H,29,31,33);1H. The van der Waals surface area contributed by atoms with Gasteiger partial charge in [-0.05, 0) is 49.6 Å². The van der Waals surface area contributed by atoms with E-state index in [1.165, 1.54) is 0 Å². The van der Waals surface area contributed by atoms with Crippen molar-refractivity contribution in [2.75, 3.05) is 17.2 Å². The van der Waals surface area contributed by atoms with Crippen LogP contribution >= 0.6 is 12.4 Å². The average Bonchev–Trinajstić information content (AvgIpc) is 2.87. The Bertz CT molecular complexity index is 1340. The lowest BCUT2D eigenvalue weighted by atomic mass is 9.83. The summed E-state index contributed by atoms with van der Waals surface area (Å²) >= 11 is 0. The van der Waals surface area contributed by atoms with Crippen LogP contribution in [0.1, 0.15) is 30.7 Å². The number of carbonyl (C=O) groups is 2. The zero-order chi connectivity index (χ0) is 24.4. The van der Waals surface area contributed by atoms with Gasteiger partial charge in [0.2, 0.25) is 5.91 Å². The molecule has 0 radical (unpaired) electrons. The molecule has 2 amide bonds. The third-order valence-corrected chi connectivity index (χ3v) is 6.36. The molecule has 1 saturated carbocycles. The topological polar surface area (TPSA) is 149 Å². The van der Waals surface area contributed by atoms with Gasteiger partial charge in [0.15, 0.2) is 18.2 Å². The summed E-state index contributed by atoms with van der Waals surface area (Å²) in [6, 6.07) is 14.3. The van der Waals surface area contributed by atoms with Crippen molar-refractivity contribution in [3.05, 3.63) is 53.9 Å². The minimum atomic E-state index is -0.698. The minimum absolute atomic E-state index is 0. The molecule has 1 aliphatic carbocycles. The van der Waals surface area contributed by atoms with Crippen molar-refractivity contribution < 1.29 is 19.4 Å². The number of carbonyl (C=O) groups excluding carboxylic acids is 2. The molecule has 1 aliphatic heterocycles. The van der Waals surface area contributed by atoms with Gasteiger partial charge in [0.05, 0.1) is 23.0 Å². The van der Waals surface area contributed by atoms with Crippen LogP contribution in [0, 0.1) is 17.2 Å². The first-order valence-corrected chi connectivity index (χ1v) is 11.4. The van der Waals surface area contributed by atoms with E-state index in [0.717, 1.165) is 5.39 Å². The number of aromatic nitrogens is 2. The maximum atomic E-state index is 13.0. The van der Waals surface area contributed by atoms with Gasteiger partial charge in [0, 0.05) is 23.9 Å². The van der Waals surface area contributed by atoms with Crippen LogP contribution in [0.25, 0.3) is 10.9 Å². The first kappa shape index (κ1) is 25.3. The average molecular weight is 509 g/mol. The molecule has 2 aliphatic rings. The number of aliphatic hydroxyl groups excluding tert-OH is 1. The molecule has 10 nitrogen and oxygen atoms in total. The Morgan fingerprint density at radius 2 is 2.06 bits per heavy atom. The Morgan fingerprint density at radius 3 is 2.86 bits per heavy atom. The number of benzene rings is 1. The molecule has 36 heavy (non-hydrogen) atoms. The molecule has 3 atom stereocenters. The Kier molecular flexibility index (Phi) is 7.64. The third-order valence-electron chi connectivity index (χ3n) is 6.36. The van der Waals surface area contributed by atoms with Crippen LogP contribution in [0.3, 0.4) is 0 Å². The predicted octanol–water partition coefficient (Wildman–Crippen LogP) is 2.51. The molecule has 3 aromatic rings. The molecule has 186 valence electrons. The monoisotopic (exact) mass is 508 g/mol. The number of halogens is 1. The first-order valence-electron chi connectivity index (χ1n) is 11.4. The van der Waals surface area contributed by atoms with Crippen LogP contribution in [0.4, 0.5) is 11.5 Å². The molecule has 3 heterocycles. The molecule has 0 saturated heterocycles. The number of nitriles is 1. The molecular formula is C25H25ClN6O4. The Labute approximate surface area is 213 Å². The van der Waals surface area contributed by atoms with Gasteiger partial charge < -0.3 is 25.8 Å². The highest BCUT2D eigenvalue weighted by Crippen LogP contribution is 2.29. The second kappa shape index (κ2) is 10.9. The van der Waals surface area contributed by atoms with Gasteiger partial charge >= 0.3 is 0 Å². The fourth-order valence-electron chi connectivity index (χ4n) is 4.51. The molecule has 0 spiro atoms.